The third-order valence-corrected chi connectivity index (χ3v) is 2.53. The van der Waals surface area contributed by atoms with E-state index in [1.807, 2.05) is 6.92 Å². The molecule has 0 fully saturated rings. The van der Waals surface area contributed by atoms with Crippen LogP contribution in [0.15, 0.2) is 16.0 Å². The Morgan fingerprint density at radius 2 is 2.40 bits per heavy atom. The van der Waals surface area contributed by atoms with Crippen LogP contribution in [0, 0.1) is 0 Å². The number of aromatic nitrogens is 2. The third-order valence-electron chi connectivity index (χ3n) is 1.63. The second-order valence-electron chi connectivity index (χ2n) is 3.05. The first-order chi connectivity index (χ1) is 7.11. The highest BCUT2D eigenvalue weighted by Crippen LogP contribution is 2.10. The number of H-pyrrole nitrogens is 1. The number of hydrogen-bond donors (Lipinski definition) is 2. The standard InChI is InChI=1S/C9H13N3O2S/c1-2-3-6-4-8(14)12-9(11-6)15-5-7(10)13/h4H,2-3,5H2,1H3,(H2,10,13)(H,11,12,14). The number of carbonyl (C=O) groups is 1. The van der Waals surface area contributed by atoms with Gasteiger partial charge >= 0.3 is 0 Å². The maximum atomic E-state index is 11.2. The molecule has 0 atom stereocenters. The number of hydrogen-bond acceptors (Lipinski definition) is 4. The maximum absolute atomic E-state index is 11.2. The molecule has 0 aliphatic heterocycles. The van der Waals surface area contributed by atoms with Crippen LogP contribution in [0.3, 0.4) is 0 Å². The highest BCUT2D eigenvalue weighted by Gasteiger charge is 2.03. The molecule has 6 heteroatoms. The van der Waals surface area contributed by atoms with E-state index in [0.29, 0.717) is 5.16 Å². The SMILES string of the molecule is CCCc1cc(=O)[nH]c(SCC(N)=O)n1. The molecule has 0 spiro atoms. The molecule has 0 aliphatic rings. The van der Waals surface area contributed by atoms with Gasteiger partial charge in [-0.15, -0.1) is 0 Å². The summed E-state index contributed by atoms with van der Waals surface area (Å²) in [5.41, 5.74) is 5.55. The van der Waals surface area contributed by atoms with Crippen LogP contribution in [0.1, 0.15) is 19.0 Å². The lowest BCUT2D eigenvalue weighted by molar-refractivity contribution is -0.115. The lowest BCUT2D eigenvalue weighted by atomic mass is 10.2. The van der Waals surface area contributed by atoms with Gasteiger partial charge in [-0.2, -0.15) is 0 Å². The van der Waals surface area contributed by atoms with Crippen LogP contribution in [0.4, 0.5) is 0 Å². The third kappa shape index (κ3) is 4.16. The van der Waals surface area contributed by atoms with Gasteiger partial charge in [0, 0.05) is 11.8 Å². The van der Waals surface area contributed by atoms with Crippen LogP contribution in [-0.4, -0.2) is 21.6 Å². The quantitative estimate of drug-likeness (QED) is 0.559. The minimum absolute atomic E-state index is 0.124. The van der Waals surface area contributed by atoms with Crippen LogP contribution in [0.25, 0.3) is 0 Å². The summed E-state index contributed by atoms with van der Waals surface area (Å²) in [4.78, 5) is 28.5. The van der Waals surface area contributed by atoms with Gasteiger partial charge in [-0.1, -0.05) is 25.1 Å². The van der Waals surface area contributed by atoms with Crippen molar-refractivity contribution >= 4 is 17.7 Å². The second-order valence-corrected chi connectivity index (χ2v) is 4.01. The summed E-state index contributed by atoms with van der Waals surface area (Å²) in [5.74, 6) is -0.304. The smallest absolute Gasteiger partial charge is 0.251 e. The van der Waals surface area contributed by atoms with E-state index >= 15 is 0 Å². The van der Waals surface area contributed by atoms with Gasteiger partial charge in [0.1, 0.15) is 0 Å². The van der Waals surface area contributed by atoms with E-state index in [4.69, 9.17) is 5.73 Å². The van der Waals surface area contributed by atoms with Crippen molar-refractivity contribution in [3.05, 3.63) is 22.1 Å². The summed E-state index contributed by atoms with van der Waals surface area (Å²) in [6.45, 7) is 2.01. The van der Waals surface area contributed by atoms with Gasteiger partial charge < -0.3 is 10.7 Å². The van der Waals surface area contributed by atoms with Crippen molar-refractivity contribution in [2.75, 3.05) is 5.75 Å². The zero-order valence-electron chi connectivity index (χ0n) is 8.45. The molecule has 3 N–H and O–H groups in total. The van der Waals surface area contributed by atoms with Crippen LogP contribution >= 0.6 is 11.8 Å². The fourth-order valence-electron chi connectivity index (χ4n) is 1.08. The maximum Gasteiger partial charge on any atom is 0.251 e. The van der Waals surface area contributed by atoms with E-state index in [1.54, 1.807) is 0 Å². The van der Waals surface area contributed by atoms with E-state index in [-0.39, 0.29) is 11.3 Å². The molecule has 1 amide bonds. The Kier molecular flexibility index (Phi) is 4.36. The first kappa shape index (κ1) is 11.8. The van der Waals surface area contributed by atoms with Crippen LogP contribution < -0.4 is 11.3 Å². The first-order valence-electron chi connectivity index (χ1n) is 4.63. The Balaban J connectivity index is 2.79. The first-order valence-corrected chi connectivity index (χ1v) is 5.61. The molecule has 1 heterocycles. The molecule has 1 aromatic heterocycles. The molecule has 0 radical (unpaired) electrons. The highest BCUT2D eigenvalue weighted by atomic mass is 32.2. The van der Waals surface area contributed by atoms with Crippen LogP contribution in [0.2, 0.25) is 0 Å². The number of nitrogens with zero attached hydrogens (tertiary/aromatic N) is 1. The number of thioether (sulfide) groups is 1. The zero-order valence-corrected chi connectivity index (χ0v) is 9.26. The summed E-state index contributed by atoms with van der Waals surface area (Å²) >= 11 is 1.14. The van der Waals surface area contributed by atoms with E-state index in [1.165, 1.54) is 6.07 Å². The molecule has 0 saturated carbocycles. The van der Waals surface area contributed by atoms with Gasteiger partial charge in [-0.05, 0) is 6.42 Å². The fraction of sp³-hybridized carbons (Fsp3) is 0.444. The normalized spacial score (nSPS) is 10.2. The van der Waals surface area contributed by atoms with Gasteiger partial charge in [0.15, 0.2) is 5.16 Å². The van der Waals surface area contributed by atoms with Crippen molar-refractivity contribution in [1.82, 2.24) is 9.97 Å². The number of rotatable bonds is 5. The zero-order chi connectivity index (χ0) is 11.3. The molecule has 0 bridgehead atoms. The van der Waals surface area contributed by atoms with Crippen molar-refractivity contribution in [3.8, 4) is 0 Å². The molecule has 15 heavy (non-hydrogen) atoms. The fourth-order valence-corrected chi connectivity index (χ4v) is 1.71. The summed E-state index contributed by atoms with van der Waals surface area (Å²) in [6, 6.07) is 1.47. The molecular formula is C9H13N3O2S. The molecule has 5 nitrogen and oxygen atoms in total. The second kappa shape index (κ2) is 5.55. The van der Waals surface area contributed by atoms with Gasteiger partial charge in [0.2, 0.25) is 5.91 Å². The average molecular weight is 227 g/mol. The van der Waals surface area contributed by atoms with E-state index in [9.17, 15) is 9.59 Å². The molecule has 0 saturated heterocycles. The minimum atomic E-state index is -0.427. The number of aryl methyl sites for hydroxylation is 1. The van der Waals surface area contributed by atoms with Crippen molar-refractivity contribution in [2.24, 2.45) is 5.73 Å². The van der Waals surface area contributed by atoms with Crippen molar-refractivity contribution in [2.45, 2.75) is 24.9 Å². The lowest BCUT2D eigenvalue weighted by Gasteiger charge is -2.01. The molecular weight excluding hydrogens is 214 g/mol. The predicted octanol–water partition coefficient (Wildman–Crippen LogP) is 0.300. The largest absolute Gasteiger partial charge is 0.369 e. The van der Waals surface area contributed by atoms with Crippen molar-refractivity contribution in [1.29, 1.82) is 0 Å². The number of nitrogens with two attached hydrogens (primary N) is 1. The minimum Gasteiger partial charge on any atom is -0.369 e. The van der Waals surface area contributed by atoms with E-state index < -0.39 is 5.91 Å². The van der Waals surface area contributed by atoms with Gasteiger partial charge in [-0.25, -0.2) is 4.98 Å². The summed E-state index contributed by atoms with van der Waals surface area (Å²) in [6.07, 6.45) is 1.68. The molecule has 1 aromatic rings. The molecule has 0 aromatic carbocycles. The number of aromatic amines is 1. The van der Waals surface area contributed by atoms with Gasteiger partial charge in [0.25, 0.3) is 5.56 Å². The summed E-state index contributed by atoms with van der Waals surface area (Å²) in [5, 5.41) is 0.449. The average Bonchev–Trinajstić information content (AvgIpc) is 2.14. The highest BCUT2D eigenvalue weighted by molar-refractivity contribution is 7.99. The van der Waals surface area contributed by atoms with Crippen LogP contribution in [0.5, 0.6) is 0 Å². The Morgan fingerprint density at radius 3 is 3.00 bits per heavy atom. The Hall–Kier alpha value is -1.30. The monoisotopic (exact) mass is 227 g/mol. The van der Waals surface area contributed by atoms with Crippen molar-refractivity contribution < 1.29 is 4.79 Å². The number of nitrogens with one attached hydrogen (secondary N) is 1. The van der Waals surface area contributed by atoms with E-state index in [2.05, 4.69) is 9.97 Å². The van der Waals surface area contributed by atoms with Gasteiger partial charge in [-0.3, -0.25) is 9.59 Å². The van der Waals surface area contributed by atoms with Gasteiger partial charge in [0.05, 0.1) is 5.75 Å². The Morgan fingerprint density at radius 1 is 1.67 bits per heavy atom. The molecule has 0 unspecified atom stereocenters. The summed E-state index contributed by atoms with van der Waals surface area (Å²) < 4.78 is 0. The van der Waals surface area contributed by atoms with Crippen LogP contribution in [-0.2, 0) is 11.2 Å². The number of primary amides is 1. The molecule has 82 valence electrons. The van der Waals surface area contributed by atoms with E-state index in [0.717, 1.165) is 30.3 Å². The Bertz CT molecular complexity index is 403. The number of carbonyl (C=O) groups excluding carboxylic acids is 1. The predicted molar refractivity (Wildman–Crippen MR) is 58.8 cm³/mol. The Labute approximate surface area is 91.5 Å². The summed E-state index contributed by atoms with van der Waals surface area (Å²) in [7, 11) is 0. The van der Waals surface area contributed by atoms with Crippen molar-refractivity contribution in [3.63, 3.8) is 0 Å². The molecule has 1 rings (SSSR count). The topological polar surface area (TPSA) is 88.8 Å². The lowest BCUT2D eigenvalue weighted by Crippen LogP contribution is -2.15. The molecule has 0 aliphatic carbocycles. The number of amides is 1.